The Morgan fingerprint density at radius 2 is 1.86 bits per heavy atom. The van der Waals surface area contributed by atoms with Gasteiger partial charge in [0.2, 0.25) is 0 Å². The molecule has 0 aromatic heterocycles. The summed E-state index contributed by atoms with van der Waals surface area (Å²) in [6.45, 7) is 1.54. The standard InChI is InChI=1S/C15H13IN2O4/c1-10(15(19)17-12-8-6-11(16)7-9-12)22-14-5-3-2-4-13(14)18(20)21/h2-10H,1H3,(H,17,19)/t10-/m1/s1. The third-order valence-corrected chi connectivity index (χ3v) is 3.57. The number of para-hydroxylation sites is 2. The molecule has 0 fully saturated rings. The number of hydrogen-bond donors (Lipinski definition) is 1. The van der Waals surface area contributed by atoms with Gasteiger partial charge in [-0.2, -0.15) is 0 Å². The minimum Gasteiger partial charge on any atom is -0.474 e. The Morgan fingerprint density at radius 1 is 1.23 bits per heavy atom. The Labute approximate surface area is 140 Å². The molecule has 1 atom stereocenters. The third kappa shape index (κ3) is 4.17. The molecule has 0 saturated carbocycles. The summed E-state index contributed by atoms with van der Waals surface area (Å²) in [6.07, 6.45) is -0.861. The zero-order valence-corrected chi connectivity index (χ0v) is 13.8. The summed E-state index contributed by atoms with van der Waals surface area (Å²) in [5.41, 5.74) is 0.472. The summed E-state index contributed by atoms with van der Waals surface area (Å²) >= 11 is 2.17. The molecule has 22 heavy (non-hydrogen) atoms. The van der Waals surface area contributed by atoms with Gasteiger partial charge in [0.05, 0.1) is 4.92 Å². The molecule has 0 unspecified atom stereocenters. The van der Waals surface area contributed by atoms with E-state index in [0.29, 0.717) is 5.69 Å². The van der Waals surface area contributed by atoms with E-state index in [0.717, 1.165) is 3.57 Å². The van der Waals surface area contributed by atoms with Crippen molar-refractivity contribution in [3.63, 3.8) is 0 Å². The highest BCUT2D eigenvalue weighted by Crippen LogP contribution is 2.27. The molecular weight excluding hydrogens is 399 g/mol. The molecule has 7 heteroatoms. The predicted molar refractivity (Wildman–Crippen MR) is 91.0 cm³/mol. The van der Waals surface area contributed by atoms with Gasteiger partial charge < -0.3 is 10.1 Å². The molecule has 1 amide bonds. The van der Waals surface area contributed by atoms with Crippen LogP contribution in [0.25, 0.3) is 0 Å². The minimum absolute atomic E-state index is 0.0674. The van der Waals surface area contributed by atoms with Crippen LogP contribution in [0.1, 0.15) is 6.92 Å². The molecule has 2 aromatic rings. The first kappa shape index (κ1) is 16.2. The van der Waals surface area contributed by atoms with Crippen molar-refractivity contribution in [2.45, 2.75) is 13.0 Å². The quantitative estimate of drug-likeness (QED) is 0.462. The van der Waals surface area contributed by atoms with E-state index >= 15 is 0 Å². The van der Waals surface area contributed by atoms with E-state index in [-0.39, 0.29) is 17.3 Å². The molecule has 1 N–H and O–H groups in total. The summed E-state index contributed by atoms with van der Waals surface area (Å²) in [7, 11) is 0. The normalized spacial score (nSPS) is 11.5. The van der Waals surface area contributed by atoms with E-state index < -0.39 is 11.0 Å². The number of nitrogens with zero attached hydrogens (tertiary/aromatic N) is 1. The van der Waals surface area contributed by atoms with E-state index in [2.05, 4.69) is 27.9 Å². The second kappa shape index (κ2) is 7.21. The first-order valence-corrected chi connectivity index (χ1v) is 7.52. The van der Waals surface area contributed by atoms with Crippen LogP contribution in [0.4, 0.5) is 11.4 Å². The Balaban J connectivity index is 2.05. The number of benzene rings is 2. The van der Waals surface area contributed by atoms with Crippen LogP contribution in [0.15, 0.2) is 48.5 Å². The number of ether oxygens (including phenoxy) is 1. The van der Waals surface area contributed by atoms with Crippen molar-refractivity contribution in [1.29, 1.82) is 0 Å². The molecule has 6 nitrogen and oxygen atoms in total. The maximum absolute atomic E-state index is 12.1. The minimum atomic E-state index is -0.861. The third-order valence-electron chi connectivity index (χ3n) is 2.85. The summed E-state index contributed by atoms with van der Waals surface area (Å²) in [5.74, 6) is -0.308. The average Bonchev–Trinajstić information content (AvgIpc) is 2.49. The Morgan fingerprint density at radius 3 is 2.50 bits per heavy atom. The number of nitro groups is 1. The number of nitro benzene ring substituents is 1. The van der Waals surface area contributed by atoms with E-state index in [9.17, 15) is 14.9 Å². The number of halogens is 1. The Kier molecular flexibility index (Phi) is 5.31. The van der Waals surface area contributed by atoms with Gasteiger partial charge in [-0.1, -0.05) is 12.1 Å². The van der Waals surface area contributed by atoms with Crippen LogP contribution >= 0.6 is 22.6 Å². The predicted octanol–water partition coefficient (Wildman–Crippen LogP) is 3.61. The lowest BCUT2D eigenvalue weighted by atomic mass is 10.2. The van der Waals surface area contributed by atoms with E-state index in [1.54, 1.807) is 31.2 Å². The fourth-order valence-electron chi connectivity index (χ4n) is 1.73. The summed E-state index contributed by atoms with van der Waals surface area (Å²) in [5, 5.41) is 13.6. The van der Waals surface area contributed by atoms with Crippen LogP contribution in [0.2, 0.25) is 0 Å². The summed E-state index contributed by atoms with van der Waals surface area (Å²) in [6, 6.07) is 13.2. The maximum atomic E-state index is 12.1. The molecule has 0 heterocycles. The molecule has 2 rings (SSSR count). The lowest BCUT2D eigenvalue weighted by molar-refractivity contribution is -0.386. The van der Waals surface area contributed by atoms with Crippen molar-refractivity contribution in [2.24, 2.45) is 0 Å². The van der Waals surface area contributed by atoms with Crippen molar-refractivity contribution >= 4 is 39.9 Å². The second-order valence-corrected chi connectivity index (χ2v) is 5.73. The van der Waals surface area contributed by atoms with Crippen LogP contribution in [0, 0.1) is 13.7 Å². The monoisotopic (exact) mass is 412 g/mol. The highest BCUT2D eigenvalue weighted by atomic mass is 127. The van der Waals surface area contributed by atoms with Gasteiger partial charge in [-0.3, -0.25) is 14.9 Å². The molecule has 0 aliphatic heterocycles. The van der Waals surface area contributed by atoms with Crippen molar-refractivity contribution < 1.29 is 14.5 Å². The van der Waals surface area contributed by atoms with Crippen molar-refractivity contribution in [1.82, 2.24) is 0 Å². The van der Waals surface area contributed by atoms with Crippen molar-refractivity contribution in [2.75, 3.05) is 5.32 Å². The zero-order valence-electron chi connectivity index (χ0n) is 11.7. The Bertz CT molecular complexity index is 688. The molecule has 114 valence electrons. The number of amides is 1. The molecule has 0 bridgehead atoms. The number of rotatable bonds is 5. The van der Waals surface area contributed by atoms with Gasteiger partial charge in [-0.05, 0) is 59.8 Å². The van der Waals surface area contributed by atoms with Gasteiger partial charge >= 0.3 is 5.69 Å². The van der Waals surface area contributed by atoms with Gasteiger partial charge in [-0.15, -0.1) is 0 Å². The molecule has 0 spiro atoms. The Hall–Kier alpha value is -2.16. The van der Waals surface area contributed by atoms with Crippen molar-refractivity contribution in [3.8, 4) is 5.75 Å². The highest BCUT2D eigenvalue weighted by molar-refractivity contribution is 14.1. The van der Waals surface area contributed by atoms with Crippen LogP contribution in [-0.4, -0.2) is 16.9 Å². The lowest BCUT2D eigenvalue weighted by Crippen LogP contribution is -2.30. The topological polar surface area (TPSA) is 81.5 Å². The SMILES string of the molecule is C[C@@H](Oc1ccccc1[N+](=O)[O-])C(=O)Nc1ccc(I)cc1. The molecule has 2 aromatic carbocycles. The fraction of sp³-hybridized carbons (Fsp3) is 0.133. The van der Waals surface area contributed by atoms with E-state index in [1.807, 2.05) is 12.1 Å². The molecule has 0 radical (unpaired) electrons. The molecule has 0 aliphatic carbocycles. The van der Waals surface area contributed by atoms with Crippen LogP contribution in [0.3, 0.4) is 0 Å². The maximum Gasteiger partial charge on any atom is 0.310 e. The molecular formula is C15H13IN2O4. The second-order valence-electron chi connectivity index (χ2n) is 4.48. The van der Waals surface area contributed by atoms with Gasteiger partial charge in [0.1, 0.15) is 0 Å². The van der Waals surface area contributed by atoms with Crippen molar-refractivity contribution in [3.05, 3.63) is 62.2 Å². The van der Waals surface area contributed by atoms with Gasteiger partial charge in [0.25, 0.3) is 5.91 Å². The van der Waals surface area contributed by atoms with Crippen LogP contribution in [0.5, 0.6) is 5.75 Å². The largest absolute Gasteiger partial charge is 0.474 e. The highest BCUT2D eigenvalue weighted by Gasteiger charge is 2.20. The number of anilines is 1. The fourth-order valence-corrected chi connectivity index (χ4v) is 2.09. The number of hydrogen-bond acceptors (Lipinski definition) is 4. The first-order valence-electron chi connectivity index (χ1n) is 6.44. The summed E-state index contributed by atoms with van der Waals surface area (Å²) in [4.78, 5) is 22.5. The van der Waals surface area contributed by atoms with Crippen LogP contribution < -0.4 is 10.1 Å². The molecule has 0 aliphatic rings. The lowest BCUT2D eigenvalue weighted by Gasteiger charge is -2.14. The van der Waals surface area contributed by atoms with E-state index in [4.69, 9.17) is 4.74 Å². The van der Waals surface area contributed by atoms with Gasteiger partial charge in [0, 0.05) is 15.3 Å². The number of carbonyl (C=O) groups excluding carboxylic acids is 1. The number of nitrogens with one attached hydrogen (secondary N) is 1. The smallest absolute Gasteiger partial charge is 0.310 e. The molecule has 0 saturated heterocycles. The summed E-state index contributed by atoms with van der Waals surface area (Å²) < 4.78 is 6.46. The first-order chi connectivity index (χ1) is 10.5. The van der Waals surface area contributed by atoms with E-state index in [1.165, 1.54) is 12.1 Å². The zero-order chi connectivity index (χ0) is 16.1. The van der Waals surface area contributed by atoms with Crippen LogP contribution in [-0.2, 0) is 4.79 Å². The van der Waals surface area contributed by atoms with Gasteiger partial charge in [0.15, 0.2) is 11.9 Å². The number of carbonyl (C=O) groups is 1. The average molecular weight is 412 g/mol. The van der Waals surface area contributed by atoms with Gasteiger partial charge in [-0.25, -0.2) is 0 Å².